The van der Waals surface area contributed by atoms with Crippen molar-refractivity contribution >= 4 is 120 Å². The van der Waals surface area contributed by atoms with Crippen molar-refractivity contribution in [3.8, 4) is 16.8 Å². The summed E-state index contributed by atoms with van der Waals surface area (Å²) in [5.41, 5.74) is 15.7. The van der Waals surface area contributed by atoms with Gasteiger partial charge < -0.3 is 8.97 Å². The van der Waals surface area contributed by atoms with Crippen molar-refractivity contribution in [2.45, 2.75) is 52.4 Å². The maximum atomic E-state index is 5.62. The van der Waals surface area contributed by atoms with E-state index >= 15 is 0 Å². The zero-order chi connectivity index (χ0) is 44.8. The first-order valence-corrected chi connectivity index (χ1v) is 23.7. The molecule has 0 aliphatic heterocycles. The molecule has 9 aromatic carbocycles. The highest BCUT2D eigenvalue weighted by Crippen LogP contribution is 2.51. The van der Waals surface area contributed by atoms with Gasteiger partial charge in [-0.15, -0.1) is 0 Å². The standard InChI is InChI=1S/C63H46N4/c1-62(2,3)38-30-45(37-25-27-52-46(28-37)43-22-14-15-23-51(43)65(52)40-18-8-7-9-19-40)58-47(31-38)48-32-39(63(4,5)6)33-50-55-53(66(58)59(48)50)34-64-61-56(55)49-29-36-17-11-12-20-41(36)54-44-26-24-35-16-10-13-21-42(35)57(44)67(61)60(49)54/h7-34H,1-6H3. The Morgan fingerprint density at radius 1 is 0.373 bits per heavy atom. The molecule has 0 N–H and O–H groups in total. The summed E-state index contributed by atoms with van der Waals surface area (Å²) in [7, 11) is 0. The van der Waals surface area contributed by atoms with E-state index in [1.165, 1.54) is 136 Å². The van der Waals surface area contributed by atoms with Gasteiger partial charge in [0.15, 0.2) is 0 Å². The van der Waals surface area contributed by atoms with E-state index in [1.807, 2.05) is 0 Å². The maximum Gasteiger partial charge on any atom is 0.146 e. The van der Waals surface area contributed by atoms with Crippen LogP contribution in [0.3, 0.4) is 0 Å². The van der Waals surface area contributed by atoms with Gasteiger partial charge in [-0.3, -0.25) is 4.40 Å². The van der Waals surface area contributed by atoms with Gasteiger partial charge >= 0.3 is 0 Å². The van der Waals surface area contributed by atoms with Crippen molar-refractivity contribution in [1.29, 1.82) is 0 Å². The number of hydrogen-bond acceptors (Lipinski definition) is 1. The highest BCUT2D eigenvalue weighted by atomic mass is 15.0. The predicted molar refractivity (Wildman–Crippen MR) is 286 cm³/mol. The summed E-state index contributed by atoms with van der Waals surface area (Å²) < 4.78 is 7.51. The van der Waals surface area contributed by atoms with Gasteiger partial charge in [-0.1, -0.05) is 145 Å². The van der Waals surface area contributed by atoms with E-state index in [-0.39, 0.29) is 10.8 Å². The van der Waals surface area contributed by atoms with Crippen LogP contribution in [0.5, 0.6) is 0 Å². The largest absolute Gasteiger partial charge is 0.309 e. The van der Waals surface area contributed by atoms with Crippen molar-refractivity contribution in [2.24, 2.45) is 0 Å². The second kappa shape index (κ2) is 12.5. The smallest absolute Gasteiger partial charge is 0.146 e. The summed E-state index contributed by atoms with van der Waals surface area (Å²) in [5, 5.41) is 17.7. The van der Waals surface area contributed by atoms with Crippen LogP contribution in [0, 0.1) is 0 Å². The minimum atomic E-state index is -0.0862. The second-order valence-corrected chi connectivity index (χ2v) is 21.2. The Morgan fingerprint density at radius 3 is 1.79 bits per heavy atom. The van der Waals surface area contributed by atoms with E-state index in [0.29, 0.717) is 0 Å². The molecule has 0 atom stereocenters. The average molecular weight is 859 g/mol. The third kappa shape index (κ3) is 4.74. The first kappa shape index (κ1) is 37.3. The summed E-state index contributed by atoms with van der Waals surface area (Å²) in [6, 6.07) is 61.6. The third-order valence-electron chi connectivity index (χ3n) is 15.4. The number of aromatic nitrogens is 4. The second-order valence-electron chi connectivity index (χ2n) is 21.2. The van der Waals surface area contributed by atoms with Gasteiger partial charge in [0, 0.05) is 70.5 Å². The summed E-state index contributed by atoms with van der Waals surface area (Å²) >= 11 is 0. The minimum absolute atomic E-state index is 0.0818. The van der Waals surface area contributed by atoms with Gasteiger partial charge in [-0.2, -0.15) is 0 Å². The van der Waals surface area contributed by atoms with Crippen LogP contribution in [0.2, 0.25) is 0 Å². The summed E-state index contributed by atoms with van der Waals surface area (Å²) in [6.07, 6.45) is 2.19. The molecule has 0 unspecified atom stereocenters. The van der Waals surface area contributed by atoms with Gasteiger partial charge in [0.25, 0.3) is 0 Å². The molecule has 4 nitrogen and oxygen atoms in total. The monoisotopic (exact) mass is 858 g/mol. The van der Waals surface area contributed by atoms with Crippen LogP contribution in [-0.2, 0) is 10.8 Å². The molecule has 6 aromatic heterocycles. The Balaban J connectivity index is 1.14. The number of rotatable bonds is 2. The molecule has 0 bridgehead atoms. The predicted octanol–water partition coefficient (Wildman–Crippen LogP) is 17.0. The van der Waals surface area contributed by atoms with Crippen LogP contribution in [-0.4, -0.2) is 18.4 Å². The van der Waals surface area contributed by atoms with Crippen molar-refractivity contribution in [3.63, 3.8) is 0 Å². The fraction of sp³-hybridized carbons (Fsp3) is 0.127. The van der Waals surface area contributed by atoms with Gasteiger partial charge in [0.1, 0.15) is 5.65 Å². The van der Waals surface area contributed by atoms with Crippen LogP contribution in [0.15, 0.2) is 170 Å². The van der Waals surface area contributed by atoms with Crippen LogP contribution >= 0.6 is 0 Å². The zero-order valence-corrected chi connectivity index (χ0v) is 38.5. The number of benzene rings is 9. The molecule has 318 valence electrons. The molecule has 0 saturated heterocycles. The lowest BCUT2D eigenvalue weighted by molar-refractivity contribution is 0.591. The highest BCUT2D eigenvalue weighted by Gasteiger charge is 2.30. The minimum Gasteiger partial charge on any atom is -0.309 e. The van der Waals surface area contributed by atoms with Crippen molar-refractivity contribution in [3.05, 3.63) is 181 Å². The summed E-state index contributed by atoms with van der Waals surface area (Å²) in [6.45, 7) is 14.1. The molecule has 6 heterocycles. The molecule has 15 aromatic rings. The van der Waals surface area contributed by atoms with Gasteiger partial charge in [0.05, 0.1) is 44.8 Å². The molecule has 0 aliphatic rings. The fourth-order valence-corrected chi connectivity index (χ4v) is 12.2. The summed E-state index contributed by atoms with van der Waals surface area (Å²) in [5.74, 6) is 0. The van der Waals surface area contributed by atoms with E-state index in [4.69, 9.17) is 4.98 Å². The first-order valence-electron chi connectivity index (χ1n) is 23.7. The van der Waals surface area contributed by atoms with Crippen LogP contribution in [0.4, 0.5) is 0 Å². The fourth-order valence-electron chi connectivity index (χ4n) is 12.2. The van der Waals surface area contributed by atoms with E-state index in [2.05, 4.69) is 225 Å². The Morgan fingerprint density at radius 2 is 1.00 bits per heavy atom. The lowest BCUT2D eigenvalue weighted by Crippen LogP contribution is -2.11. The molecule has 4 heteroatoms. The molecule has 0 amide bonds. The first-order chi connectivity index (χ1) is 32.5. The van der Waals surface area contributed by atoms with E-state index in [0.717, 1.165) is 11.2 Å². The topological polar surface area (TPSA) is 26.6 Å². The Bertz CT molecular complexity index is 4620. The van der Waals surface area contributed by atoms with Crippen LogP contribution in [0.1, 0.15) is 52.7 Å². The Hall–Kier alpha value is -7.95. The van der Waals surface area contributed by atoms with Gasteiger partial charge in [-0.05, 0) is 104 Å². The quantitative estimate of drug-likeness (QED) is 0.170. The third-order valence-corrected chi connectivity index (χ3v) is 15.4. The molecule has 0 fully saturated rings. The van der Waals surface area contributed by atoms with Gasteiger partial charge in [-0.25, -0.2) is 4.98 Å². The number of pyridine rings is 1. The number of para-hydroxylation sites is 2. The zero-order valence-electron chi connectivity index (χ0n) is 38.5. The molecule has 15 rings (SSSR count). The van der Waals surface area contributed by atoms with E-state index < -0.39 is 0 Å². The molecule has 0 saturated carbocycles. The number of fused-ring (bicyclic) bond motifs is 20. The normalized spacial score (nSPS) is 13.2. The Kier molecular flexibility index (Phi) is 6.94. The van der Waals surface area contributed by atoms with Crippen LogP contribution in [0.25, 0.3) is 136 Å². The lowest BCUT2D eigenvalue weighted by Gasteiger charge is -2.22. The van der Waals surface area contributed by atoms with Gasteiger partial charge in [0.2, 0.25) is 0 Å². The number of nitrogens with zero attached hydrogens (tertiary/aromatic N) is 4. The van der Waals surface area contributed by atoms with Crippen molar-refractivity contribution in [2.75, 3.05) is 0 Å². The molecule has 0 aliphatic carbocycles. The molecule has 67 heavy (non-hydrogen) atoms. The lowest BCUT2D eigenvalue weighted by atomic mass is 9.83. The number of hydrogen-bond donors (Lipinski definition) is 0. The molecule has 0 spiro atoms. The van der Waals surface area contributed by atoms with Crippen LogP contribution < -0.4 is 0 Å². The van der Waals surface area contributed by atoms with E-state index in [9.17, 15) is 0 Å². The van der Waals surface area contributed by atoms with Crippen molar-refractivity contribution in [1.82, 2.24) is 18.4 Å². The molecular weight excluding hydrogens is 813 g/mol. The maximum absolute atomic E-state index is 5.62. The van der Waals surface area contributed by atoms with Crippen molar-refractivity contribution < 1.29 is 0 Å². The highest BCUT2D eigenvalue weighted by molar-refractivity contribution is 6.39. The van der Waals surface area contributed by atoms with E-state index in [1.54, 1.807) is 0 Å². The molecule has 0 radical (unpaired) electrons. The Labute approximate surface area is 386 Å². The molecular formula is C63H46N4. The SMILES string of the molecule is CC(C)(C)c1cc(-c2ccc3c(c2)c2ccccc2n3-c2ccccc2)c2c(c1)c1cc(C(C)(C)C)cc3c4c5c6cc7ccccc7c7c8ccc9ccccc9c8n(c5ncc4n2c13)c67. The summed E-state index contributed by atoms with van der Waals surface area (Å²) in [4.78, 5) is 5.62. The average Bonchev–Trinajstić information content (AvgIpc) is 4.13.